The Morgan fingerprint density at radius 2 is 1.53 bits per heavy atom. The van der Waals surface area contributed by atoms with Gasteiger partial charge in [-0.05, 0) is 35.9 Å². The molecule has 0 unspecified atom stereocenters. The summed E-state index contributed by atoms with van der Waals surface area (Å²) in [6.45, 7) is 2.64. The Kier molecular flexibility index (Phi) is 5.58. The van der Waals surface area contributed by atoms with Crippen LogP contribution < -0.4 is 9.80 Å². The van der Waals surface area contributed by atoms with Crippen LogP contribution in [0.5, 0.6) is 0 Å². The number of hydrogen-bond donors (Lipinski definition) is 1. The van der Waals surface area contributed by atoms with Crippen molar-refractivity contribution in [3.8, 4) is 0 Å². The summed E-state index contributed by atoms with van der Waals surface area (Å²) in [6.07, 6.45) is 3.55. The molecule has 6 heteroatoms. The van der Waals surface area contributed by atoms with Crippen LogP contribution in [-0.2, 0) is 13.1 Å². The third-order valence-electron chi connectivity index (χ3n) is 5.74. The van der Waals surface area contributed by atoms with Crippen molar-refractivity contribution in [2.24, 2.45) is 0 Å². The van der Waals surface area contributed by atoms with Crippen molar-refractivity contribution < 1.29 is 4.79 Å². The zero-order chi connectivity index (χ0) is 21.8. The molecule has 1 aromatic heterocycles. The van der Waals surface area contributed by atoms with E-state index in [-0.39, 0.29) is 6.03 Å². The Morgan fingerprint density at radius 3 is 2.19 bits per heavy atom. The van der Waals surface area contributed by atoms with Crippen molar-refractivity contribution in [1.29, 1.82) is 0 Å². The van der Waals surface area contributed by atoms with Gasteiger partial charge in [0, 0.05) is 31.5 Å². The second-order valence-corrected chi connectivity index (χ2v) is 7.84. The largest absolute Gasteiger partial charge is 0.364 e. The number of aromatic amines is 1. The van der Waals surface area contributed by atoms with Crippen molar-refractivity contribution >= 4 is 23.1 Å². The Bertz CT molecular complexity index is 1120. The summed E-state index contributed by atoms with van der Waals surface area (Å²) < 4.78 is 0. The fourth-order valence-electron chi connectivity index (χ4n) is 4.17. The zero-order valence-electron chi connectivity index (χ0n) is 17.8. The molecule has 1 aliphatic rings. The molecule has 0 saturated heterocycles. The molecule has 4 aromatic rings. The molecular formula is C26H25N5O. The van der Waals surface area contributed by atoms with Crippen LogP contribution in [0.15, 0.2) is 97.5 Å². The van der Waals surface area contributed by atoms with E-state index in [2.05, 4.69) is 33.1 Å². The topological polar surface area (TPSA) is 55.5 Å². The van der Waals surface area contributed by atoms with Crippen LogP contribution in [0.25, 0.3) is 0 Å². The number of carbonyl (C=O) groups is 1. The van der Waals surface area contributed by atoms with Gasteiger partial charge < -0.3 is 14.8 Å². The summed E-state index contributed by atoms with van der Waals surface area (Å²) in [5, 5.41) is 0. The predicted octanol–water partition coefficient (Wildman–Crippen LogP) is 5.19. The number of H-pyrrole nitrogens is 1. The highest BCUT2D eigenvalue weighted by Gasteiger charge is 2.28. The number of carbonyl (C=O) groups excluding carboxylic acids is 1. The molecule has 1 N–H and O–H groups in total. The van der Waals surface area contributed by atoms with E-state index in [1.165, 1.54) is 0 Å². The van der Waals surface area contributed by atoms with Crippen molar-refractivity contribution in [3.63, 3.8) is 0 Å². The standard InChI is InChI=1S/C26H25N5O/c32-26(31(23-10-3-1-4-11-23)24-12-5-2-6-13-24)30-16-15-29(19-22-17-27-20-28-22)25-14-8-7-9-21(25)18-30/h1-14,17,20H,15-16,18-19H2,(H,27,28). The lowest BCUT2D eigenvalue weighted by Crippen LogP contribution is -2.42. The Hall–Kier alpha value is -4.06. The first-order valence-electron chi connectivity index (χ1n) is 10.8. The lowest BCUT2D eigenvalue weighted by atomic mass is 10.1. The van der Waals surface area contributed by atoms with Gasteiger partial charge in [-0.15, -0.1) is 0 Å². The van der Waals surface area contributed by atoms with E-state index >= 15 is 0 Å². The van der Waals surface area contributed by atoms with E-state index in [9.17, 15) is 4.79 Å². The average Bonchev–Trinajstić information content (AvgIpc) is 3.29. The number of para-hydroxylation sites is 3. The highest BCUT2D eigenvalue weighted by molar-refractivity contribution is 5.99. The molecule has 0 fully saturated rings. The molecule has 160 valence electrons. The van der Waals surface area contributed by atoms with Gasteiger partial charge in [0.05, 0.1) is 29.9 Å². The number of nitrogens with one attached hydrogen (secondary N) is 1. The van der Waals surface area contributed by atoms with E-state index in [0.29, 0.717) is 13.1 Å². The molecule has 0 radical (unpaired) electrons. The molecule has 0 spiro atoms. The number of benzene rings is 3. The normalized spacial score (nSPS) is 13.4. The number of fused-ring (bicyclic) bond motifs is 1. The van der Waals surface area contributed by atoms with Crippen molar-refractivity contribution in [2.75, 3.05) is 22.9 Å². The van der Waals surface area contributed by atoms with Gasteiger partial charge in [-0.3, -0.25) is 4.90 Å². The molecule has 0 saturated carbocycles. The minimum absolute atomic E-state index is 0.0272. The highest BCUT2D eigenvalue weighted by atomic mass is 16.2. The van der Waals surface area contributed by atoms with Crippen LogP contribution in [0.2, 0.25) is 0 Å². The molecular weight excluding hydrogens is 398 g/mol. The molecule has 0 bridgehead atoms. The van der Waals surface area contributed by atoms with E-state index in [0.717, 1.165) is 41.4 Å². The summed E-state index contributed by atoms with van der Waals surface area (Å²) in [6, 6.07) is 28.0. The molecule has 6 nitrogen and oxygen atoms in total. The van der Waals surface area contributed by atoms with Gasteiger partial charge in [0.2, 0.25) is 0 Å². The van der Waals surface area contributed by atoms with Crippen LogP contribution in [0.1, 0.15) is 11.3 Å². The van der Waals surface area contributed by atoms with E-state index < -0.39 is 0 Å². The highest BCUT2D eigenvalue weighted by Crippen LogP contribution is 2.30. The van der Waals surface area contributed by atoms with E-state index in [4.69, 9.17) is 0 Å². The number of anilines is 3. The molecule has 2 amide bonds. The van der Waals surface area contributed by atoms with Gasteiger partial charge in [-0.25, -0.2) is 9.78 Å². The average molecular weight is 424 g/mol. The Balaban J connectivity index is 1.47. The van der Waals surface area contributed by atoms with Gasteiger partial charge in [0.1, 0.15) is 0 Å². The van der Waals surface area contributed by atoms with Gasteiger partial charge in [0.25, 0.3) is 0 Å². The number of amides is 2. The Labute approximate surface area is 187 Å². The quantitative estimate of drug-likeness (QED) is 0.491. The number of aromatic nitrogens is 2. The fraction of sp³-hybridized carbons (Fsp3) is 0.154. The van der Waals surface area contributed by atoms with Crippen LogP contribution in [0, 0.1) is 0 Å². The van der Waals surface area contributed by atoms with Gasteiger partial charge in [0.15, 0.2) is 0 Å². The summed E-state index contributed by atoms with van der Waals surface area (Å²) in [5.41, 5.74) is 5.06. The number of rotatable bonds is 4. The molecule has 0 atom stereocenters. The summed E-state index contributed by atoms with van der Waals surface area (Å²) in [7, 11) is 0. The first kappa shape index (κ1) is 19.9. The monoisotopic (exact) mass is 423 g/mol. The van der Waals surface area contributed by atoms with Crippen molar-refractivity contribution in [1.82, 2.24) is 14.9 Å². The molecule has 3 aromatic carbocycles. The van der Waals surface area contributed by atoms with Crippen LogP contribution in [-0.4, -0.2) is 34.0 Å². The first-order chi connectivity index (χ1) is 15.8. The lowest BCUT2D eigenvalue weighted by molar-refractivity contribution is 0.207. The van der Waals surface area contributed by atoms with Gasteiger partial charge in [-0.1, -0.05) is 54.6 Å². The second-order valence-electron chi connectivity index (χ2n) is 7.84. The SMILES string of the molecule is O=C(N1CCN(Cc2cnc[nH]2)c2ccccc2C1)N(c1ccccc1)c1ccccc1. The van der Waals surface area contributed by atoms with Gasteiger partial charge in [-0.2, -0.15) is 0 Å². The molecule has 1 aliphatic heterocycles. The molecule has 32 heavy (non-hydrogen) atoms. The maximum absolute atomic E-state index is 13.9. The maximum Gasteiger partial charge on any atom is 0.329 e. The van der Waals surface area contributed by atoms with Crippen molar-refractivity contribution in [2.45, 2.75) is 13.1 Å². The molecule has 0 aliphatic carbocycles. The fourth-order valence-corrected chi connectivity index (χ4v) is 4.17. The third-order valence-corrected chi connectivity index (χ3v) is 5.74. The second kappa shape index (κ2) is 8.98. The van der Waals surface area contributed by atoms with Crippen LogP contribution >= 0.6 is 0 Å². The minimum Gasteiger partial charge on any atom is -0.364 e. The van der Waals surface area contributed by atoms with E-state index in [1.807, 2.05) is 77.8 Å². The third kappa shape index (κ3) is 4.07. The summed E-state index contributed by atoms with van der Waals surface area (Å²) >= 11 is 0. The number of nitrogens with zero attached hydrogens (tertiary/aromatic N) is 4. The van der Waals surface area contributed by atoms with Crippen molar-refractivity contribution in [3.05, 3.63) is 109 Å². The van der Waals surface area contributed by atoms with Gasteiger partial charge >= 0.3 is 6.03 Å². The number of hydrogen-bond acceptors (Lipinski definition) is 3. The van der Waals surface area contributed by atoms with Crippen LogP contribution in [0.3, 0.4) is 0 Å². The zero-order valence-corrected chi connectivity index (χ0v) is 17.8. The number of urea groups is 1. The summed E-state index contributed by atoms with van der Waals surface area (Å²) in [4.78, 5) is 27.3. The van der Waals surface area contributed by atoms with Crippen LogP contribution in [0.4, 0.5) is 21.9 Å². The summed E-state index contributed by atoms with van der Waals surface area (Å²) in [5.74, 6) is 0. The van der Waals surface area contributed by atoms with E-state index in [1.54, 1.807) is 11.2 Å². The smallest absolute Gasteiger partial charge is 0.329 e. The predicted molar refractivity (Wildman–Crippen MR) is 127 cm³/mol. The Morgan fingerprint density at radius 1 is 0.875 bits per heavy atom. The molecule has 5 rings (SSSR count). The maximum atomic E-state index is 13.9. The first-order valence-corrected chi connectivity index (χ1v) is 10.8. The minimum atomic E-state index is -0.0272. The molecule has 2 heterocycles. The lowest BCUT2D eigenvalue weighted by Gasteiger charge is -2.30. The number of imidazole rings is 1.